The van der Waals surface area contributed by atoms with Crippen LogP contribution in [0.25, 0.3) is 0 Å². The van der Waals surface area contributed by atoms with Gasteiger partial charge in [-0.2, -0.15) is 0 Å². The number of aromatic amines is 1. The third-order valence-electron chi connectivity index (χ3n) is 4.90. The highest BCUT2D eigenvalue weighted by Crippen LogP contribution is 2.26. The van der Waals surface area contributed by atoms with E-state index in [0.29, 0.717) is 11.9 Å². The second-order valence-electron chi connectivity index (χ2n) is 6.86. The van der Waals surface area contributed by atoms with Crippen LogP contribution in [0.15, 0.2) is 33.9 Å². The summed E-state index contributed by atoms with van der Waals surface area (Å²) in [7, 11) is 1.88. The first-order valence-electron chi connectivity index (χ1n) is 8.94. The largest absolute Gasteiger partial charge is 0.383 e. The number of nitrogens with zero attached hydrogens (tertiary/aromatic N) is 2. The number of nitrogens with one attached hydrogen (secondary N) is 2. The zero-order valence-electron chi connectivity index (χ0n) is 15.3. The predicted octanol–water partition coefficient (Wildman–Crippen LogP) is 3.09. The Balaban J connectivity index is 1.86. The van der Waals surface area contributed by atoms with E-state index in [0.717, 1.165) is 59.6 Å². The molecule has 7 heteroatoms. The van der Waals surface area contributed by atoms with Gasteiger partial charge in [0.25, 0.3) is 0 Å². The molecule has 3 rings (SSSR count). The van der Waals surface area contributed by atoms with Crippen molar-refractivity contribution in [3.8, 4) is 0 Å². The van der Waals surface area contributed by atoms with Gasteiger partial charge in [0.2, 0.25) is 0 Å². The predicted molar refractivity (Wildman–Crippen MR) is 112 cm³/mol. The number of aromatic nitrogens is 1. The first kappa shape index (κ1) is 18.9. The molecule has 0 saturated carbocycles. The van der Waals surface area contributed by atoms with Gasteiger partial charge in [-0.3, -0.25) is 4.90 Å². The minimum atomic E-state index is 0.330. The highest BCUT2D eigenvalue weighted by molar-refractivity contribution is 9.10. The Kier molecular flexibility index (Phi) is 6.01. The van der Waals surface area contributed by atoms with Crippen LogP contribution < -0.4 is 16.8 Å². The van der Waals surface area contributed by atoms with Gasteiger partial charge in [0, 0.05) is 30.3 Å². The monoisotopic (exact) mass is 418 g/mol. The number of hydrogen-bond acceptors (Lipinski definition) is 4. The minimum absolute atomic E-state index is 0.330. The second kappa shape index (κ2) is 8.24. The Labute approximate surface area is 163 Å². The zero-order chi connectivity index (χ0) is 18.7. The van der Waals surface area contributed by atoms with Gasteiger partial charge < -0.3 is 21.8 Å². The molecule has 1 aliphatic rings. The molecule has 2 heterocycles. The molecule has 0 spiro atoms. The third kappa shape index (κ3) is 4.28. The van der Waals surface area contributed by atoms with Crippen molar-refractivity contribution in [2.24, 2.45) is 16.5 Å². The standard InChI is InChI=1S/C19H27BrN6/c1-12-3-4-15(9-16(12)20)25-18(22)17-13(10-24-19(17)23-2)11-26-7-5-14(21)6-8-26/h3-4,9-10,14,23-24H,5-8,11,21H2,1-2H3,(H2,22,25). The van der Waals surface area contributed by atoms with E-state index in [9.17, 15) is 0 Å². The molecule has 1 aliphatic heterocycles. The summed E-state index contributed by atoms with van der Waals surface area (Å²) in [6.45, 7) is 4.92. The van der Waals surface area contributed by atoms with Crippen LogP contribution in [0, 0.1) is 6.92 Å². The van der Waals surface area contributed by atoms with Crippen LogP contribution in [-0.4, -0.2) is 41.9 Å². The molecule has 2 aromatic rings. The van der Waals surface area contributed by atoms with Crippen LogP contribution in [0.4, 0.5) is 11.5 Å². The van der Waals surface area contributed by atoms with Crippen molar-refractivity contribution in [3.05, 3.63) is 45.6 Å². The lowest BCUT2D eigenvalue weighted by Crippen LogP contribution is -2.39. The summed E-state index contributed by atoms with van der Waals surface area (Å²) in [6.07, 6.45) is 4.10. The van der Waals surface area contributed by atoms with Crippen molar-refractivity contribution in [1.29, 1.82) is 0 Å². The van der Waals surface area contributed by atoms with Crippen molar-refractivity contribution >= 4 is 33.3 Å². The van der Waals surface area contributed by atoms with E-state index in [4.69, 9.17) is 11.5 Å². The van der Waals surface area contributed by atoms with Crippen LogP contribution >= 0.6 is 15.9 Å². The minimum Gasteiger partial charge on any atom is -0.383 e. The molecule has 1 aromatic heterocycles. The SMILES string of the molecule is CNc1[nH]cc(CN2CCC(N)CC2)c1C(N)=Nc1ccc(C)c(Br)c1. The van der Waals surface area contributed by atoms with Crippen LogP contribution in [0.5, 0.6) is 0 Å². The van der Waals surface area contributed by atoms with Gasteiger partial charge >= 0.3 is 0 Å². The number of benzene rings is 1. The fraction of sp³-hybridized carbons (Fsp3) is 0.421. The molecule has 6 N–H and O–H groups in total. The fourth-order valence-corrected chi connectivity index (χ4v) is 3.64. The van der Waals surface area contributed by atoms with Crippen molar-refractivity contribution in [3.63, 3.8) is 0 Å². The lowest BCUT2D eigenvalue weighted by molar-refractivity contribution is 0.205. The first-order valence-corrected chi connectivity index (χ1v) is 9.74. The molecule has 6 nitrogen and oxygen atoms in total. The normalized spacial score (nSPS) is 16.8. The average Bonchev–Trinajstić information content (AvgIpc) is 3.03. The highest BCUT2D eigenvalue weighted by Gasteiger charge is 2.20. The van der Waals surface area contributed by atoms with Crippen molar-refractivity contribution in [1.82, 2.24) is 9.88 Å². The number of aryl methyl sites for hydroxylation is 1. The maximum absolute atomic E-state index is 6.40. The number of H-pyrrole nitrogens is 1. The maximum Gasteiger partial charge on any atom is 0.135 e. The van der Waals surface area contributed by atoms with Crippen LogP contribution in [0.1, 0.15) is 29.5 Å². The van der Waals surface area contributed by atoms with Crippen molar-refractivity contribution < 1.29 is 0 Å². The summed E-state index contributed by atoms with van der Waals surface area (Å²) >= 11 is 3.55. The van der Waals surface area contributed by atoms with E-state index in [1.165, 1.54) is 5.56 Å². The van der Waals surface area contributed by atoms with Crippen molar-refractivity contribution in [2.45, 2.75) is 32.4 Å². The van der Waals surface area contributed by atoms with Gasteiger partial charge in [-0.1, -0.05) is 22.0 Å². The van der Waals surface area contributed by atoms with E-state index in [2.05, 4.69) is 43.0 Å². The molecular weight excluding hydrogens is 392 g/mol. The van der Waals surface area contributed by atoms with Gasteiger partial charge in [-0.25, -0.2) is 4.99 Å². The summed E-state index contributed by atoms with van der Waals surface area (Å²) in [6, 6.07) is 6.32. The second-order valence-corrected chi connectivity index (χ2v) is 7.71. The maximum atomic E-state index is 6.40. The van der Waals surface area contributed by atoms with E-state index >= 15 is 0 Å². The number of aliphatic imine (C=N–C) groups is 1. The Morgan fingerprint density at radius 2 is 2.12 bits per heavy atom. The summed E-state index contributed by atoms with van der Waals surface area (Å²) < 4.78 is 1.03. The van der Waals surface area contributed by atoms with Gasteiger partial charge in [0.15, 0.2) is 0 Å². The van der Waals surface area contributed by atoms with Gasteiger partial charge in [-0.05, 0) is 56.1 Å². The molecule has 0 aliphatic carbocycles. The van der Waals surface area contributed by atoms with Crippen LogP contribution in [0.2, 0.25) is 0 Å². The number of piperidine rings is 1. The Morgan fingerprint density at radius 1 is 1.38 bits per heavy atom. The fourth-order valence-electron chi connectivity index (χ4n) is 3.28. The summed E-state index contributed by atoms with van der Waals surface area (Å²) in [5.41, 5.74) is 16.5. The topological polar surface area (TPSA) is 95.5 Å². The zero-order valence-corrected chi connectivity index (χ0v) is 16.9. The molecule has 1 saturated heterocycles. The highest BCUT2D eigenvalue weighted by atomic mass is 79.9. The lowest BCUT2D eigenvalue weighted by Gasteiger charge is -2.30. The molecule has 0 atom stereocenters. The Bertz CT molecular complexity index is 789. The van der Waals surface area contributed by atoms with E-state index in [-0.39, 0.29) is 0 Å². The van der Waals surface area contributed by atoms with Gasteiger partial charge in [0.1, 0.15) is 11.7 Å². The molecule has 0 bridgehead atoms. The van der Waals surface area contributed by atoms with Crippen LogP contribution in [-0.2, 0) is 6.54 Å². The number of hydrogen-bond donors (Lipinski definition) is 4. The average molecular weight is 419 g/mol. The smallest absolute Gasteiger partial charge is 0.135 e. The number of likely N-dealkylation sites (tertiary alicyclic amines) is 1. The van der Waals surface area contributed by atoms with Crippen LogP contribution in [0.3, 0.4) is 0 Å². The summed E-state index contributed by atoms with van der Waals surface area (Å²) in [4.78, 5) is 10.3. The number of rotatable bonds is 5. The number of amidine groups is 1. The molecule has 0 unspecified atom stereocenters. The number of anilines is 1. The van der Waals surface area contributed by atoms with E-state index < -0.39 is 0 Å². The Hall–Kier alpha value is -1.83. The molecule has 26 heavy (non-hydrogen) atoms. The summed E-state index contributed by atoms with van der Waals surface area (Å²) in [5, 5.41) is 3.18. The van der Waals surface area contributed by atoms with Gasteiger partial charge in [-0.15, -0.1) is 0 Å². The number of nitrogens with two attached hydrogens (primary N) is 2. The molecule has 140 valence electrons. The third-order valence-corrected chi connectivity index (χ3v) is 5.75. The van der Waals surface area contributed by atoms with Gasteiger partial charge in [0.05, 0.1) is 11.3 Å². The molecule has 0 radical (unpaired) electrons. The molecular formula is C19H27BrN6. The van der Waals surface area contributed by atoms with Crippen molar-refractivity contribution in [2.75, 3.05) is 25.5 Å². The molecule has 1 fully saturated rings. The molecule has 0 amide bonds. The Morgan fingerprint density at radius 3 is 2.77 bits per heavy atom. The number of halogens is 1. The first-order chi connectivity index (χ1) is 12.5. The quantitative estimate of drug-likeness (QED) is 0.443. The molecule has 1 aromatic carbocycles. The lowest BCUT2D eigenvalue weighted by atomic mass is 10.0. The summed E-state index contributed by atoms with van der Waals surface area (Å²) in [5.74, 6) is 1.40. The van der Waals surface area contributed by atoms with E-state index in [1.54, 1.807) is 0 Å². The van der Waals surface area contributed by atoms with E-state index in [1.807, 2.05) is 31.4 Å².